The Hall–Kier alpha value is -1.04. The monoisotopic (exact) mass is 327 g/mol. The van der Waals surface area contributed by atoms with E-state index in [1.807, 2.05) is 34.2 Å². The van der Waals surface area contributed by atoms with Crippen LogP contribution in [0.5, 0.6) is 0 Å². The molecule has 3 aromatic rings. The fourth-order valence-corrected chi connectivity index (χ4v) is 3.06. The molecule has 0 atom stereocenters. The van der Waals surface area contributed by atoms with Gasteiger partial charge in [-0.15, -0.1) is 11.3 Å². The molecular formula is C11H7BrClN3S. The molecule has 0 aliphatic rings. The summed E-state index contributed by atoms with van der Waals surface area (Å²) in [6.07, 6.45) is 1.90. The Kier molecular flexibility index (Phi) is 2.61. The fourth-order valence-electron chi connectivity index (χ4n) is 1.66. The zero-order chi connectivity index (χ0) is 12.0. The minimum Gasteiger partial charge on any atom is -0.383 e. The molecule has 86 valence electrons. The van der Waals surface area contributed by atoms with Crippen LogP contribution in [0.1, 0.15) is 0 Å². The lowest BCUT2D eigenvalue weighted by atomic mass is 10.3. The summed E-state index contributed by atoms with van der Waals surface area (Å²) in [5.74, 6) is 0.625. The van der Waals surface area contributed by atoms with E-state index in [0.717, 1.165) is 20.7 Å². The zero-order valence-electron chi connectivity index (χ0n) is 8.52. The van der Waals surface area contributed by atoms with Gasteiger partial charge in [0.1, 0.15) is 17.2 Å². The molecule has 3 aromatic heterocycles. The van der Waals surface area contributed by atoms with Crippen molar-refractivity contribution in [1.29, 1.82) is 0 Å². The molecule has 0 spiro atoms. The molecule has 0 radical (unpaired) electrons. The van der Waals surface area contributed by atoms with E-state index in [1.165, 1.54) is 11.3 Å². The van der Waals surface area contributed by atoms with Crippen LogP contribution < -0.4 is 5.73 Å². The maximum atomic E-state index is 6.09. The molecule has 0 saturated heterocycles. The smallest absolute Gasteiger partial charge is 0.139 e. The molecule has 17 heavy (non-hydrogen) atoms. The first-order valence-electron chi connectivity index (χ1n) is 4.82. The Morgan fingerprint density at radius 1 is 1.41 bits per heavy atom. The van der Waals surface area contributed by atoms with E-state index < -0.39 is 0 Å². The molecule has 3 rings (SSSR count). The lowest BCUT2D eigenvalue weighted by Gasteiger charge is -1.97. The third-order valence-electron chi connectivity index (χ3n) is 2.42. The largest absolute Gasteiger partial charge is 0.383 e. The molecule has 0 aliphatic heterocycles. The van der Waals surface area contributed by atoms with E-state index in [2.05, 4.69) is 20.9 Å². The molecule has 2 N–H and O–H groups in total. The molecular weight excluding hydrogens is 322 g/mol. The van der Waals surface area contributed by atoms with Crippen molar-refractivity contribution >= 4 is 50.3 Å². The maximum Gasteiger partial charge on any atom is 0.139 e. The van der Waals surface area contributed by atoms with Gasteiger partial charge < -0.3 is 5.73 Å². The number of nitrogens with two attached hydrogens (primary N) is 1. The first-order valence-corrected chi connectivity index (χ1v) is 6.88. The summed E-state index contributed by atoms with van der Waals surface area (Å²) >= 11 is 10.9. The number of anilines is 1. The fraction of sp³-hybridized carbons (Fsp3) is 0. The number of pyridine rings is 1. The highest BCUT2D eigenvalue weighted by atomic mass is 79.9. The molecule has 0 unspecified atom stereocenters. The number of imidazole rings is 1. The van der Waals surface area contributed by atoms with Crippen LogP contribution in [0.2, 0.25) is 5.02 Å². The summed E-state index contributed by atoms with van der Waals surface area (Å²) in [7, 11) is 0. The van der Waals surface area contributed by atoms with E-state index in [0.29, 0.717) is 10.8 Å². The van der Waals surface area contributed by atoms with Crippen LogP contribution in [0.3, 0.4) is 0 Å². The number of fused-ring (bicyclic) bond motifs is 1. The lowest BCUT2D eigenvalue weighted by molar-refractivity contribution is 1.18. The Labute approximate surface area is 115 Å². The van der Waals surface area contributed by atoms with Gasteiger partial charge >= 0.3 is 0 Å². The van der Waals surface area contributed by atoms with E-state index in [9.17, 15) is 0 Å². The van der Waals surface area contributed by atoms with Crippen molar-refractivity contribution in [1.82, 2.24) is 9.38 Å². The SMILES string of the molecule is Nc1c(-c2cc(Cl)cs2)nc2ccc(Br)cn12. The van der Waals surface area contributed by atoms with E-state index in [-0.39, 0.29) is 0 Å². The minimum absolute atomic E-state index is 0.625. The number of hydrogen-bond donors (Lipinski definition) is 1. The average Bonchev–Trinajstić information content (AvgIpc) is 2.84. The zero-order valence-corrected chi connectivity index (χ0v) is 11.7. The molecule has 0 amide bonds. The van der Waals surface area contributed by atoms with Crippen molar-refractivity contribution in [3.63, 3.8) is 0 Å². The number of nitrogen functional groups attached to an aromatic ring is 1. The molecule has 0 fully saturated rings. The number of halogens is 2. The quantitative estimate of drug-likeness (QED) is 0.732. The van der Waals surface area contributed by atoms with Gasteiger partial charge in [-0.2, -0.15) is 0 Å². The van der Waals surface area contributed by atoms with Crippen LogP contribution in [0.4, 0.5) is 5.82 Å². The van der Waals surface area contributed by atoms with Crippen LogP contribution in [-0.4, -0.2) is 9.38 Å². The van der Waals surface area contributed by atoms with Gasteiger partial charge in [-0.1, -0.05) is 11.6 Å². The van der Waals surface area contributed by atoms with Crippen molar-refractivity contribution in [2.24, 2.45) is 0 Å². The highest BCUT2D eigenvalue weighted by molar-refractivity contribution is 9.10. The Balaban J connectivity index is 2.27. The van der Waals surface area contributed by atoms with Crippen molar-refractivity contribution in [3.05, 3.63) is 39.3 Å². The first-order chi connectivity index (χ1) is 8.15. The third-order valence-corrected chi connectivity index (χ3v) is 4.17. The molecule has 0 aliphatic carbocycles. The highest BCUT2D eigenvalue weighted by Crippen LogP contribution is 2.33. The lowest BCUT2D eigenvalue weighted by Crippen LogP contribution is -1.93. The van der Waals surface area contributed by atoms with Gasteiger partial charge in [0.25, 0.3) is 0 Å². The van der Waals surface area contributed by atoms with Gasteiger partial charge in [-0.25, -0.2) is 4.98 Å². The van der Waals surface area contributed by atoms with Gasteiger partial charge in [0.15, 0.2) is 0 Å². The Morgan fingerprint density at radius 3 is 2.94 bits per heavy atom. The van der Waals surface area contributed by atoms with Gasteiger partial charge in [0, 0.05) is 16.0 Å². The number of rotatable bonds is 1. The maximum absolute atomic E-state index is 6.09. The van der Waals surface area contributed by atoms with Crippen molar-refractivity contribution in [2.45, 2.75) is 0 Å². The molecule has 0 saturated carbocycles. The first kappa shape index (κ1) is 11.1. The molecule has 3 heterocycles. The Morgan fingerprint density at radius 2 is 2.24 bits per heavy atom. The van der Waals surface area contributed by atoms with Crippen molar-refractivity contribution in [3.8, 4) is 10.6 Å². The minimum atomic E-state index is 0.625. The second kappa shape index (κ2) is 4.01. The molecule has 6 heteroatoms. The average molecular weight is 329 g/mol. The topological polar surface area (TPSA) is 43.3 Å². The molecule has 0 aromatic carbocycles. The molecule has 3 nitrogen and oxygen atoms in total. The van der Waals surface area contributed by atoms with Crippen LogP contribution >= 0.6 is 38.9 Å². The number of thiophene rings is 1. The summed E-state index contributed by atoms with van der Waals surface area (Å²) in [5.41, 5.74) is 7.69. The van der Waals surface area contributed by atoms with Crippen LogP contribution in [0.15, 0.2) is 34.2 Å². The van der Waals surface area contributed by atoms with Crippen molar-refractivity contribution in [2.75, 3.05) is 5.73 Å². The van der Waals surface area contributed by atoms with Gasteiger partial charge in [-0.3, -0.25) is 4.40 Å². The second-order valence-electron chi connectivity index (χ2n) is 3.55. The number of aromatic nitrogens is 2. The van der Waals surface area contributed by atoms with Gasteiger partial charge in [0.05, 0.1) is 9.90 Å². The summed E-state index contributed by atoms with van der Waals surface area (Å²) < 4.78 is 2.82. The predicted molar refractivity (Wildman–Crippen MR) is 75.6 cm³/mol. The van der Waals surface area contributed by atoms with Crippen molar-refractivity contribution < 1.29 is 0 Å². The summed E-state index contributed by atoms with van der Waals surface area (Å²) in [6.45, 7) is 0. The van der Waals surface area contributed by atoms with Crippen LogP contribution in [0.25, 0.3) is 16.2 Å². The number of hydrogen-bond acceptors (Lipinski definition) is 3. The second-order valence-corrected chi connectivity index (χ2v) is 5.81. The van der Waals surface area contributed by atoms with Crippen LogP contribution in [-0.2, 0) is 0 Å². The van der Waals surface area contributed by atoms with Gasteiger partial charge in [-0.05, 0) is 34.1 Å². The standard InChI is InChI=1S/C11H7BrClN3S/c12-6-1-2-9-15-10(11(14)16(9)4-6)8-3-7(13)5-17-8/h1-5H,14H2. The highest BCUT2D eigenvalue weighted by Gasteiger charge is 2.13. The molecule has 0 bridgehead atoms. The predicted octanol–water partition coefficient (Wildman–Crippen LogP) is 4.06. The third kappa shape index (κ3) is 1.84. The summed E-state index contributed by atoms with van der Waals surface area (Å²) in [4.78, 5) is 5.48. The normalized spacial score (nSPS) is 11.2. The van der Waals surface area contributed by atoms with Gasteiger partial charge in [0.2, 0.25) is 0 Å². The summed E-state index contributed by atoms with van der Waals surface area (Å²) in [6, 6.07) is 5.73. The number of nitrogens with zero attached hydrogens (tertiary/aromatic N) is 2. The summed E-state index contributed by atoms with van der Waals surface area (Å²) in [5, 5.41) is 2.58. The van der Waals surface area contributed by atoms with Crippen LogP contribution in [0, 0.1) is 0 Å². The van der Waals surface area contributed by atoms with E-state index >= 15 is 0 Å². The van der Waals surface area contributed by atoms with E-state index in [4.69, 9.17) is 17.3 Å². The van der Waals surface area contributed by atoms with E-state index in [1.54, 1.807) is 0 Å². The Bertz CT molecular complexity index is 704.